The van der Waals surface area contributed by atoms with Crippen molar-refractivity contribution < 1.29 is 9.53 Å². The van der Waals surface area contributed by atoms with Crippen LogP contribution in [-0.4, -0.2) is 42.1 Å². The summed E-state index contributed by atoms with van der Waals surface area (Å²) < 4.78 is 9.08. The summed E-state index contributed by atoms with van der Waals surface area (Å²) in [7, 11) is 1.89. The standard InChI is InChI=1S/C21H28N6O2/c1-21(2,3)29-20(28)24-16-7-5-6-14(10-16)19-18-8-9-22-27(18)13-17(25-19)15-11-23-26(4)12-15/h8-9,11-14,16H,5-7,10H2,1-4H3,(H,24,28)/t14-,16+/m0/s1. The van der Waals surface area contributed by atoms with Gasteiger partial charge in [0.2, 0.25) is 0 Å². The third kappa shape index (κ3) is 4.41. The molecule has 3 aromatic heterocycles. The number of carbonyl (C=O) groups is 1. The number of nitrogens with one attached hydrogen (secondary N) is 1. The molecule has 1 aliphatic rings. The molecule has 1 aliphatic carbocycles. The molecule has 1 saturated carbocycles. The number of aryl methyl sites for hydroxylation is 1. The van der Waals surface area contributed by atoms with Crippen LogP contribution in [-0.2, 0) is 11.8 Å². The first-order valence-corrected chi connectivity index (χ1v) is 10.1. The van der Waals surface area contributed by atoms with Crippen LogP contribution >= 0.6 is 0 Å². The van der Waals surface area contributed by atoms with E-state index in [1.165, 1.54) is 0 Å². The van der Waals surface area contributed by atoms with Gasteiger partial charge in [-0.1, -0.05) is 6.42 Å². The molecule has 0 spiro atoms. The van der Waals surface area contributed by atoms with Crippen LogP contribution < -0.4 is 5.32 Å². The Morgan fingerprint density at radius 3 is 2.79 bits per heavy atom. The molecule has 2 atom stereocenters. The Hall–Kier alpha value is -2.90. The Morgan fingerprint density at radius 2 is 2.07 bits per heavy atom. The summed E-state index contributed by atoms with van der Waals surface area (Å²) >= 11 is 0. The number of hydrogen-bond donors (Lipinski definition) is 1. The summed E-state index contributed by atoms with van der Waals surface area (Å²) in [6, 6.07) is 2.08. The summed E-state index contributed by atoms with van der Waals surface area (Å²) in [5, 5.41) is 11.7. The second kappa shape index (κ2) is 7.50. The lowest BCUT2D eigenvalue weighted by atomic mass is 9.83. The van der Waals surface area contributed by atoms with Crippen LogP contribution in [0.4, 0.5) is 4.79 Å². The largest absolute Gasteiger partial charge is 0.444 e. The zero-order chi connectivity index (χ0) is 20.6. The molecule has 8 heteroatoms. The van der Waals surface area contributed by atoms with Gasteiger partial charge in [-0.15, -0.1) is 0 Å². The molecule has 0 saturated heterocycles. The molecule has 0 bridgehead atoms. The van der Waals surface area contributed by atoms with Crippen molar-refractivity contribution in [2.45, 2.75) is 64.0 Å². The average molecular weight is 396 g/mol. The first-order chi connectivity index (χ1) is 13.8. The lowest BCUT2D eigenvalue weighted by Gasteiger charge is -2.30. The minimum Gasteiger partial charge on any atom is -0.444 e. The van der Waals surface area contributed by atoms with Crippen molar-refractivity contribution in [2.75, 3.05) is 0 Å². The van der Waals surface area contributed by atoms with Crippen LogP contribution in [0.15, 0.2) is 30.9 Å². The van der Waals surface area contributed by atoms with Crippen LogP contribution in [0.25, 0.3) is 16.8 Å². The number of amides is 1. The number of carbonyl (C=O) groups excluding carboxylic acids is 1. The Balaban J connectivity index is 1.58. The molecule has 0 aliphatic heterocycles. The molecule has 3 aromatic rings. The number of hydrogen-bond acceptors (Lipinski definition) is 5. The molecule has 29 heavy (non-hydrogen) atoms. The molecule has 8 nitrogen and oxygen atoms in total. The predicted molar refractivity (Wildman–Crippen MR) is 110 cm³/mol. The quantitative estimate of drug-likeness (QED) is 0.730. The van der Waals surface area contributed by atoms with Gasteiger partial charge >= 0.3 is 6.09 Å². The van der Waals surface area contributed by atoms with E-state index in [0.29, 0.717) is 0 Å². The maximum atomic E-state index is 12.2. The molecular weight excluding hydrogens is 368 g/mol. The summed E-state index contributed by atoms with van der Waals surface area (Å²) in [5.74, 6) is 0.250. The van der Waals surface area contributed by atoms with Crippen molar-refractivity contribution in [1.29, 1.82) is 0 Å². The van der Waals surface area contributed by atoms with Gasteiger partial charge in [-0.3, -0.25) is 4.68 Å². The second-order valence-electron chi connectivity index (χ2n) is 8.78. The smallest absolute Gasteiger partial charge is 0.407 e. The Morgan fingerprint density at radius 1 is 1.24 bits per heavy atom. The minimum absolute atomic E-state index is 0.0791. The van der Waals surface area contributed by atoms with Gasteiger partial charge in [0.25, 0.3) is 0 Å². The topological polar surface area (TPSA) is 86.3 Å². The molecule has 154 valence electrons. The number of fused-ring (bicyclic) bond motifs is 1. The van der Waals surface area contributed by atoms with E-state index in [-0.39, 0.29) is 18.1 Å². The number of alkyl carbamates (subject to hydrolysis) is 1. The maximum absolute atomic E-state index is 12.2. The zero-order valence-electron chi connectivity index (χ0n) is 17.4. The van der Waals surface area contributed by atoms with Crippen LogP contribution in [0.3, 0.4) is 0 Å². The lowest BCUT2D eigenvalue weighted by Crippen LogP contribution is -2.41. The van der Waals surface area contributed by atoms with Crippen molar-refractivity contribution in [3.63, 3.8) is 0 Å². The Labute approximate surface area is 170 Å². The maximum Gasteiger partial charge on any atom is 0.407 e. The molecule has 0 aromatic carbocycles. The Bertz CT molecular complexity index is 1020. The van der Waals surface area contributed by atoms with Crippen molar-refractivity contribution in [3.05, 3.63) is 36.5 Å². The van der Waals surface area contributed by atoms with Crippen molar-refractivity contribution in [1.82, 2.24) is 29.7 Å². The Kier molecular flexibility index (Phi) is 5.02. The van der Waals surface area contributed by atoms with Crippen LogP contribution in [0, 0.1) is 0 Å². The summed E-state index contributed by atoms with van der Waals surface area (Å²) in [4.78, 5) is 17.2. The van der Waals surface area contributed by atoms with E-state index in [4.69, 9.17) is 9.72 Å². The van der Waals surface area contributed by atoms with E-state index in [2.05, 4.69) is 15.5 Å². The summed E-state index contributed by atoms with van der Waals surface area (Å²) in [6.07, 6.45) is 11.0. The highest BCUT2D eigenvalue weighted by molar-refractivity contribution is 5.68. The molecule has 1 N–H and O–H groups in total. The van der Waals surface area contributed by atoms with E-state index >= 15 is 0 Å². The first-order valence-electron chi connectivity index (χ1n) is 10.1. The van der Waals surface area contributed by atoms with Gasteiger partial charge in [-0.05, 0) is 46.1 Å². The highest BCUT2D eigenvalue weighted by Crippen LogP contribution is 2.35. The van der Waals surface area contributed by atoms with E-state index in [0.717, 1.165) is 48.2 Å². The van der Waals surface area contributed by atoms with Crippen molar-refractivity contribution >= 4 is 11.6 Å². The third-order valence-electron chi connectivity index (χ3n) is 5.20. The van der Waals surface area contributed by atoms with E-state index < -0.39 is 5.60 Å². The predicted octanol–water partition coefficient (Wildman–Crippen LogP) is 3.68. The lowest BCUT2D eigenvalue weighted by molar-refractivity contribution is 0.0490. The number of rotatable bonds is 3. The van der Waals surface area contributed by atoms with Gasteiger partial charge in [-0.25, -0.2) is 14.3 Å². The number of ether oxygens (including phenoxy) is 1. The fourth-order valence-corrected chi connectivity index (χ4v) is 3.99. The molecule has 0 radical (unpaired) electrons. The molecule has 1 fully saturated rings. The van der Waals surface area contributed by atoms with Crippen LogP contribution in [0.5, 0.6) is 0 Å². The molecule has 1 amide bonds. The average Bonchev–Trinajstić information content (AvgIpc) is 3.28. The molecule has 0 unspecified atom stereocenters. The van der Waals surface area contributed by atoms with E-state index in [9.17, 15) is 4.79 Å². The number of nitrogens with zero attached hydrogens (tertiary/aromatic N) is 5. The number of aromatic nitrogens is 5. The van der Waals surface area contributed by atoms with Gasteiger partial charge in [0, 0.05) is 30.8 Å². The third-order valence-corrected chi connectivity index (χ3v) is 5.20. The van der Waals surface area contributed by atoms with Crippen molar-refractivity contribution in [2.24, 2.45) is 7.05 Å². The monoisotopic (exact) mass is 396 g/mol. The van der Waals surface area contributed by atoms with E-state index in [1.807, 2.05) is 57.0 Å². The van der Waals surface area contributed by atoms with Crippen LogP contribution in [0.1, 0.15) is 58.1 Å². The highest BCUT2D eigenvalue weighted by Gasteiger charge is 2.29. The van der Waals surface area contributed by atoms with Crippen molar-refractivity contribution in [3.8, 4) is 11.3 Å². The van der Waals surface area contributed by atoms with Crippen LogP contribution in [0.2, 0.25) is 0 Å². The highest BCUT2D eigenvalue weighted by atomic mass is 16.6. The summed E-state index contributed by atoms with van der Waals surface area (Å²) in [5.41, 5.74) is 3.36. The summed E-state index contributed by atoms with van der Waals surface area (Å²) in [6.45, 7) is 5.63. The molecular formula is C21H28N6O2. The normalized spacial score (nSPS) is 20.0. The SMILES string of the molecule is Cn1cc(-c2cn3nccc3c([C@H]3CCC[C@@H](NC(=O)OC(C)(C)C)C3)n2)cn1. The van der Waals surface area contributed by atoms with Gasteiger partial charge in [0.15, 0.2) is 0 Å². The minimum atomic E-state index is -0.498. The van der Waals surface area contributed by atoms with Gasteiger partial charge in [-0.2, -0.15) is 10.2 Å². The van der Waals surface area contributed by atoms with Gasteiger partial charge in [0.05, 0.1) is 35.5 Å². The van der Waals surface area contributed by atoms with Gasteiger partial charge < -0.3 is 10.1 Å². The van der Waals surface area contributed by atoms with Gasteiger partial charge in [0.1, 0.15) is 5.60 Å². The molecule has 3 heterocycles. The molecule has 4 rings (SSSR count). The van der Waals surface area contributed by atoms with E-state index in [1.54, 1.807) is 10.9 Å². The second-order valence-corrected chi connectivity index (χ2v) is 8.78. The fourth-order valence-electron chi connectivity index (χ4n) is 3.99. The zero-order valence-corrected chi connectivity index (χ0v) is 17.4. The first kappa shape index (κ1) is 19.4. The fraction of sp³-hybridized carbons (Fsp3) is 0.524.